The van der Waals surface area contributed by atoms with Gasteiger partial charge in [0, 0.05) is 25.0 Å². The second kappa shape index (κ2) is 14.8. The summed E-state index contributed by atoms with van der Waals surface area (Å²) in [5.74, 6) is 0.941. The fraction of sp³-hybridized carbons (Fsp3) is 0.478. The molecular weight excluding hydrogens is 963 g/mol. The van der Waals surface area contributed by atoms with E-state index in [1.807, 2.05) is 18.2 Å². The lowest BCUT2D eigenvalue weighted by Gasteiger charge is -2.29. The summed E-state index contributed by atoms with van der Waals surface area (Å²) in [6, 6.07) is 9.16. The van der Waals surface area contributed by atoms with Crippen LogP contribution in [0.15, 0.2) is 43.7 Å². The molecule has 0 amide bonds. The Morgan fingerprint density at radius 1 is 0.824 bits per heavy atom. The van der Waals surface area contributed by atoms with Crippen LogP contribution in [-0.4, -0.2) is 37.6 Å². The maximum atomic E-state index is 9.47. The van der Waals surface area contributed by atoms with Crippen LogP contribution in [0.5, 0.6) is 11.5 Å². The summed E-state index contributed by atoms with van der Waals surface area (Å²) in [7, 11) is 0. The third-order valence-electron chi connectivity index (χ3n) is 4.79. The van der Waals surface area contributed by atoms with Gasteiger partial charge in [-0.05, 0) is 75.0 Å². The molecule has 0 aliphatic heterocycles. The van der Waals surface area contributed by atoms with E-state index in [4.69, 9.17) is 8.57 Å². The molecule has 2 rings (SSSR count). The van der Waals surface area contributed by atoms with Crippen LogP contribution in [-0.2, 0) is 10.2 Å². The van der Waals surface area contributed by atoms with Crippen LogP contribution >= 0.6 is 128 Å². The number of hydrogen-bond acceptors (Lipinski definition) is 3. The highest BCUT2D eigenvalue weighted by Crippen LogP contribution is 2.47. The van der Waals surface area contributed by atoms with Gasteiger partial charge >= 0.3 is 0 Å². The first kappa shape index (κ1) is 33.9. The van der Waals surface area contributed by atoms with E-state index in [1.165, 1.54) is 0 Å². The van der Waals surface area contributed by atoms with Gasteiger partial charge in [-0.15, -0.1) is 0 Å². The van der Waals surface area contributed by atoms with E-state index in [1.54, 1.807) is 12.1 Å². The molecule has 2 unspecified atom stereocenters. The van der Waals surface area contributed by atoms with Gasteiger partial charge in [0.25, 0.3) is 0 Å². The molecule has 0 aliphatic carbocycles. The number of ether oxygens (including phenoxy) is 1. The van der Waals surface area contributed by atoms with Crippen LogP contribution < -0.4 is 3.83 Å². The molecule has 0 spiro atoms. The smallest absolute Gasteiger partial charge is 0.179 e. The van der Waals surface area contributed by atoms with Crippen molar-refractivity contribution in [3.63, 3.8) is 0 Å². The fourth-order valence-corrected chi connectivity index (χ4v) is 6.36. The minimum atomic E-state index is -0.265. The summed E-state index contributed by atoms with van der Waals surface area (Å²) in [4.78, 5) is 0. The minimum Gasteiger partial charge on any atom is -0.508 e. The number of phenolic OH excluding ortho intramolecular Hbond substituents is 1. The van der Waals surface area contributed by atoms with Gasteiger partial charge in [-0.1, -0.05) is 106 Å². The van der Waals surface area contributed by atoms with Crippen molar-refractivity contribution < 1.29 is 13.7 Å². The van der Waals surface area contributed by atoms with Crippen molar-refractivity contribution in [3.8, 4) is 11.5 Å². The van der Waals surface area contributed by atoms with Gasteiger partial charge in [-0.3, -0.25) is 0 Å². The van der Waals surface area contributed by atoms with Gasteiger partial charge in [-0.2, -0.15) is 0 Å². The number of hydrogen-bond donors (Lipinski definition) is 1. The van der Waals surface area contributed by atoms with Gasteiger partial charge in [0.2, 0.25) is 0 Å². The standard InChI is InChI=1S/C15H12Br4O2.C8H14Br4O/c1-15(2,8-3-5-9(20)6-4-8)12-10(16)7-11(21-19)13(17)14(12)18;1-7(11,3-9)5-13-6-8(2,12)4-10/h3-7,20H,1-2H3;3-6H2,1-2H3. The van der Waals surface area contributed by atoms with E-state index in [-0.39, 0.29) is 19.8 Å². The zero-order chi connectivity index (χ0) is 26.3. The predicted octanol–water partition coefficient (Wildman–Crippen LogP) is 10.8. The van der Waals surface area contributed by atoms with Crippen LogP contribution in [0.25, 0.3) is 0 Å². The average molecular weight is 990 g/mol. The molecule has 0 saturated carbocycles. The topological polar surface area (TPSA) is 38.7 Å². The van der Waals surface area contributed by atoms with Crippen LogP contribution in [0.2, 0.25) is 0 Å². The molecule has 192 valence electrons. The van der Waals surface area contributed by atoms with Crippen molar-refractivity contribution in [1.82, 2.24) is 0 Å². The second-order valence-electron chi connectivity index (χ2n) is 8.70. The lowest BCUT2D eigenvalue weighted by Crippen LogP contribution is -2.31. The van der Waals surface area contributed by atoms with Crippen molar-refractivity contribution >= 4 is 128 Å². The number of rotatable bonds is 9. The number of benzene rings is 2. The Labute approximate surface area is 270 Å². The molecule has 3 nitrogen and oxygen atoms in total. The highest BCUT2D eigenvalue weighted by Gasteiger charge is 2.30. The summed E-state index contributed by atoms with van der Waals surface area (Å²) in [6.07, 6.45) is 0. The predicted molar refractivity (Wildman–Crippen MR) is 172 cm³/mol. The minimum absolute atomic E-state index is 0.0302. The Balaban J connectivity index is 0.000000385. The van der Waals surface area contributed by atoms with Gasteiger partial charge in [0.15, 0.2) is 22.0 Å². The normalized spacial score (nSPS) is 15.1. The summed E-state index contributed by atoms with van der Waals surface area (Å²) in [5, 5.41) is 11.2. The molecule has 0 fully saturated rings. The number of halogens is 8. The summed E-state index contributed by atoms with van der Waals surface area (Å²) < 4.78 is 13.5. The van der Waals surface area contributed by atoms with E-state index in [0.717, 1.165) is 35.2 Å². The third-order valence-corrected chi connectivity index (χ3v) is 12.9. The zero-order valence-corrected chi connectivity index (χ0v) is 31.7. The van der Waals surface area contributed by atoms with Crippen LogP contribution in [0, 0.1) is 0 Å². The van der Waals surface area contributed by atoms with E-state index in [9.17, 15) is 5.11 Å². The fourth-order valence-electron chi connectivity index (χ4n) is 2.78. The molecule has 0 radical (unpaired) electrons. The average Bonchev–Trinajstić information content (AvgIpc) is 2.76. The molecule has 0 aliphatic rings. The maximum absolute atomic E-state index is 9.47. The van der Waals surface area contributed by atoms with Crippen LogP contribution in [0.3, 0.4) is 0 Å². The first-order chi connectivity index (χ1) is 15.6. The zero-order valence-electron chi connectivity index (χ0n) is 19.0. The Bertz CT molecular complexity index is 915. The Morgan fingerprint density at radius 2 is 1.29 bits per heavy atom. The van der Waals surface area contributed by atoms with Crippen molar-refractivity contribution in [2.75, 3.05) is 23.9 Å². The van der Waals surface area contributed by atoms with E-state index < -0.39 is 0 Å². The molecule has 2 aromatic rings. The van der Waals surface area contributed by atoms with Gasteiger partial charge in [-0.25, -0.2) is 0 Å². The largest absolute Gasteiger partial charge is 0.508 e. The van der Waals surface area contributed by atoms with Crippen molar-refractivity contribution in [2.24, 2.45) is 0 Å². The van der Waals surface area contributed by atoms with Gasteiger partial charge < -0.3 is 13.7 Å². The molecule has 0 bridgehead atoms. The first-order valence-corrected chi connectivity index (χ1v) is 16.8. The third kappa shape index (κ3) is 10.2. The number of alkyl halides is 4. The molecule has 1 N–H and O–H groups in total. The maximum Gasteiger partial charge on any atom is 0.179 e. The second-order valence-corrected chi connectivity index (χ2v) is 16.4. The SMILES string of the molecule is CC(Br)(CBr)COCC(C)(Br)CBr.CC(C)(c1ccc(O)cc1)c1c(Br)cc(OBr)c(Br)c1Br. The Morgan fingerprint density at radius 3 is 1.71 bits per heavy atom. The summed E-state index contributed by atoms with van der Waals surface area (Å²) in [5.41, 5.74) is 1.92. The van der Waals surface area contributed by atoms with E-state index >= 15 is 0 Å². The van der Waals surface area contributed by atoms with Gasteiger partial charge in [0.05, 0.1) is 26.3 Å². The number of phenols is 1. The van der Waals surface area contributed by atoms with Crippen molar-refractivity contribution in [1.29, 1.82) is 0 Å². The van der Waals surface area contributed by atoms with Crippen molar-refractivity contribution in [3.05, 3.63) is 54.9 Å². The molecule has 0 aromatic heterocycles. The monoisotopic (exact) mass is 982 g/mol. The quantitative estimate of drug-likeness (QED) is 0.201. The van der Waals surface area contributed by atoms with Crippen molar-refractivity contribution in [2.45, 2.75) is 41.8 Å². The Hall–Kier alpha value is 1.84. The Kier molecular flexibility index (Phi) is 14.8. The van der Waals surface area contributed by atoms with E-state index in [0.29, 0.717) is 19.0 Å². The highest BCUT2D eigenvalue weighted by atomic mass is 79.9. The van der Waals surface area contributed by atoms with Crippen LogP contribution in [0.1, 0.15) is 38.8 Å². The van der Waals surface area contributed by atoms with Crippen LogP contribution in [0.4, 0.5) is 0 Å². The summed E-state index contributed by atoms with van der Waals surface area (Å²) >= 11 is 27.8. The summed E-state index contributed by atoms with van der Waals surface area (Å²) in [6.45, 7) is 9.86. The van der Waals surface area contributed by atoms with Gasteiger partial charge in [0.1, 0.15) is 5.75 Å². The van der Waals surface area contributed by atoms with E-state index in [2.05, 4.69) is 155 Å². The molecule has 2 aromatic carbocycles. The molecule has 2 atom stereocenters. The lowest BCUT2D eigenvalue weighted by atomic mass is 9.78. The lowest BCUT2D eigenvalue weighted by molar-refractivity contribution is 0.111. The first-order valence-electron chi connectivity index (χ1n) is 9.95. The molecule has 11 heteroatoms. The molecule has 34 heavy (non-hydrogen) atoms. The molecule has 0 heterocycles. The molecule has 0 saturated heterocycles. The number of aromatic hydroxyl groups is 1. The molecular formula is C23H26Br8O3. The highest BCUT2D eigenvalue weighted by molar-refractivity contribution is 9.13.